The number of aryl methyl sites for hydroxylation is 1. The van der Waals surface area contributed by atoms with Gasteiger partial charge in [-0.2, -0.15) is 0 Å². The maximum absolute atomic E-state index is 4.55. The monoisotopic (exact) mass is 247 g/mol. The van der Waals surface area contributed by atoms with E-state index in [1.54, 1.807) is 0 Å². The number of allylic oxidation sites excluding steroid dienone is 1. The van der Waals surface area contributed by atoms with Gasteiger partial charge in [0.2, 0.25) is 0 Å². The molecule has 0 spiro atoms. The molecule has 1 aromatic heterocycles. The lowest BCUT2D eigenvalue weighted by Gasteiger charge is -2.33. The molecule has 0 saturated carbocycles. The largest absolute Gasteiger partial charge is 0.367 e. The summed E-state index contributed by atoms with van der Waals surface area (Å²) in [5.74, 6) is 0. The zero-order valence-corrected chi connectivity index (χ0v) is 11.4. The lowest BCUT2D eigenvalue weighted by molar-refractivity contribution is 0.338. The Labute approximate surface area is 111 Å². The summed E-state index contributed by atoms with van der Waals surface area (Å²) < 4.78 is 0. The number of fused-ring (bicyclic) bond motifs is 1. The molecule has 0 radical (unpaired) electrons. The van der Waals surface area contributed by atoms with E-state index in [0.717, 1.165) is 39.0 Å². The highest BCUT2D eigenvalue weighted by Crippen LogP contribution is 2.27. The van der Waals surface area contributed by atoms with Gasteiger partial charge in [0.1, 0.15) is 0 Å². The zero-order valence-electron chi connectivity index (χ0n) is 11.4. The normalized spacial score (nSPS) is 18.3. The summed E-state index contributed by atoms with van der Waals surface area (Å²) >= 11 is 0. The van der Waals surface area contributed by atoms with Gasteiger partial charge in [0.15, 0.2) is 0 Å². The van der Waals surface area contributed by atoms with Crippen LogP contribution in [0.3, 0.4) is 0 Å². The Balaban J connectivity index is 0.000000576. The van der Waals surface area contributed by atoms with Crippen molar-refractivity contribution in [1.82, 2.24) is 15.2 Å². The van der Waals surface area contributed by atoms with Crippen LogP contribution in [0.1, 0.15) is 33.0 Å². The number of piperazine rings is 1. The molecule has 1 aromatic rings. The standard InChI is InChI=1S/C13H17N3.C2H6.H2/c1-3-11-4-2-6-15-13(11)12(5-1)16-9-7-14-8-10-16;1-2;/h2,4-6,14H,1,3,7-10H2;1-2H3;1H. The summed E-state index contributed by atoms with van der Waals surface area (Å²) in [4.78, 5) is 7.01. The van der Waals surface area contributed by atoms with E-state index in [9.17, 15) is 0 Å². The van der Waals surface area contributed by atoms with Gasteiger partial charge >= 0.3 is 0 Å². The van der Waals surface area contributed by atoms with Crippen molar-refractivity contribution in [1.29, 1.82) is 0 Å². The SMILES string of the molecule is C1=C(N2CCNCC2)c2ncccc2CC1.CC.[HH]. The Kier molecular flexibility index (Phi) is 4.76. The van der Waals surface area contributed by atoms with E-state index in [4.69, 9.17) is 0 Å². The lowest BCUT2D eigenvalue weighted by atomic mass is 9.98. The van der Waals surface area contributed by atoms with Gasteiger partial charge in [0, 0.05) is 33.8 Å². The molecule has 2 aliphatic rings. The van der Waals surface area contributed by atoms with E-state index in [1.807, 2.05) is 26.1 Å². The molecule has 2 heterocycles. The van der Waals surface area contributed by atoms with Crippen LogP contribution in [0.15, 0.2) is 24.4 Å². The maximum atomic E-state index is 4.55. The molecule has 1 saturated heterocycles. The van der Waals surface area contributed by atoms with Gasteiger partial charge in [0.25, 0.3) is 0 Å². The minimum absolute atomic E-state index is 0. The molecule has 3 heteroatoms. The molecule has 0 atom stereocenters. The van der Waals surface area contributed by atoms with Crippen LogP contribution in [0, 0.1) is 0 Å². The van der Waals surface area contributed by atoms with Crippen molar-refractivity contribution in [2.75, 3.05) is 26.2 Å². The van der Waals surface area contributed by atoms with Crippen molar-refractivity contribution in [2.45, 2.75) is 26.7 Å². The van der Waals surface area contributed by atoms with Crippen molar-refractivity contribution in [3.8, 4) is 0 Å². The summed E-state index contributed by atoms with van der Waals surface area (Å²) in [5, 5.41) is 3.39. The second kappa shape index (κ2) is 6.55. The molecule has 1 fully saturated rings. The molecule has 18 heavy (non-hydrogen) atoms. The topological polar surface area (TPSA) is 28.2 Å². The molecule has 0 bridgehead atoms. The van der Waals surface area contributed by atoms with Crippen molar-refractivity contribution in [3.05, 3.63) is 35.7 Å². The number of rotatable bonds is 1. The third kappa shape index (κ3) is 2.72. The van der Waals surface area contributed by atoms with Crippen LogP contribution in [-0.2, 0) is 6.42 Å². The van der Waals surface area contributed by atoms with Gasteiger partial charge in [-0.15, -0.1) is 0 Å². The molecule has 1 aliphatic carbocycles. The first kappa shape index (κ1) is 13.1. The van der Waals surface area contributed by atoms with Crippen molar-refractivity contribution < 1.29 is 1.43 Å². The predicted octanol–water partition coefficient (Wildman–Crippen LogP) is 2.55. The number of hydrogen-bond donors (Lipinski definition) is 1. The first-order valence-electron chi connectivity index (χ1n) is 7.05. The minimum Gasteiger partial charge on any atom is -0.367 e. The number of hydrogen-bond acceptors (Lipinski definition) is 3. The van der Waals surface area contributed by atoms with E-state index in [0.29, 0.717) is 0 Å². The van der Waals surface area contributed by atoms with Crippen LogP contribution in [-0.4, -0.2) is 36.1 Å². The van der Waals surface area contributed by atoms with Crippen molar-refractivity contribution in [3.63, 3.8) is 0 Å². The second-order valence-corrected chi connectivity index (χ2v) is 4.38. The summed E-state index contributed by atoms with van der Waals surface area (Å²) in [5.41, 5.74) is 3.96. The Morgan fingerprint density at radius 1 is 1.28 bits per heavy atom. The molecule has 1 aliphatic heterocycles. The summed E-state index contributed by atoms with van der Waals surface area (Å²) in [7, 11) is 0. The van der Waals surface area contributed by atoms with Crippen molar-refractivity contribution >= 4 is 5.70 Å². The highest BCUT2D eigenvalue weighted by molar-refractivity contribution is 5.65. The van der Waals surface area contributed by atoms with E-state index < -0.39 is 0 Å². The van der Waals surface area contributed by atoms with E-state index >= 15 is 0 Å². The van der Waals surface area contributed by atoms with Crippen LogP contribution in [0.25, 0.3) is 5.70 Å². The molecule has 0 unspecified atom stereocenters. The van der Waals surface area contributed by atoms with Gasteiger partial charge in [-0.05, 0) is 24.5 Å². The molecule has 3 rings (SSSR count). The van der Waals surface area contributed by atoms with Gasteiger partial charge in [0.05, 0.1) is 11.4 Å². The highest BCUT2D eigenvalue weighted by atomic mass is 15.2. The molecule has 1 N–H and O–H groups in total. The smallest absolute Gasteiger partial charge is 0.0891 e. The Bertz CT molecular complexity index is 412. The zero-order chi connectivity index (χ0) is 12.8. The lowest BCUT2D eigenvalue weighted by Crippen LogP contribution is -2.42. The summed E-state index contributed by atoms with van der Waals surface area (Å²) in [6.45, 7) is 8.36. The maximum Gasteiger partial charge on any atom is 0.0891 e. The van der Waals surface area contributed by atoms with Crippen LogP contribution in [0.4, 0.5) is 0 Å². The fourth-order valence-corrected chi connectivity index (χ4v) is 2.52. The average Bonchev–Trinajstić information content (AvgIpc) is 2.50. The van der Waals surface area contributed by atoms with Gasteiger partial charge in [-0.1, -0.05) is 26.0 Å². The number of nitrogens with one attached hydrogen (secondary N) is 1. The molecule has 0 aromatic carbocycles. The third-order valence-electron chi connectivity index (χ3n) is 3.34. The number of aromatic nitrogens is 1. The Morgan fingerprint density at radius 2 is 2.06 bits per heavy atom. The quantitative estimate of drug-likeness (QED) is 0.826. The Hall–Kier alpha value is -1.35. The summed E-state index contributed by atoms with van der Waals surface area (Å²) in [6, 6.07) is 4.25. The fraction of sp³-hybridized carbons (Fsp3) is 0.533. The third-order valence-corrected chi connectivity index (χ3v) is 3.34. The summed E-state index contributed by atoms with van der Waals surface area (Å²) in [6.07, 6.45) is 6.54. The average molecular weight is 247 g/mol. The fourth-order valence-electron chi connectivity index (χ4n) is 2.52. The first-order chi connectivity index (χ1) is 8.95. The van der Waals surface area contributed by atoms with Crippen LogP contribution < -0.4 is 5.32 Å². The number of nitrogens with zero attached hydrogens (tertiary/aromatic N) is 2. The van der Waals surface area contributed by atoms with Crippen LogP contribution in [0.5, 0.6) is 0 Å². The first-order valence-corrected chi connectivity index (χ1v) is 7.05. The Morgan fingerprint density at radius 3 is 2.83 bits per heavy atom. The number of pyridine rings is 1. The van der Waals surface area contributed by atoms with E-state index in [1.165, 1.54) is 17.0 Å². The molecular formula is C15H25N3. The van der Waals surface area contributed by atoms with Gasteiger partial charge in [-0.25, -0.2) is 0 Å². The highest BCUT2D eigenvalue weighted by Gasteiger charge is 2.20. The second-order valence-electron chi connectivity index (χ2n) is 4.38. The van der Waals surface area contributed by atoms with Crippen molar-refractivity contribution in [2.24, 2.45) is 0 Å². The molecule has 0 amide bonds. The van der Waals surface area contributed by atoms with Gasteiger partial charge < -0.3 is 10.2 Å². The van der Waals surface area contributed by atoms with Gasteiger partial charge in [-0.3, -0.25) is 4.98 Å². The predicted molar refractivity (Wildman–Crippen MR) is 78.4 cm³/mol. The van der Waals surface area contributed by atoms with Crippen LogP contribution >= 0.6 is 0 Å². The minimum atomic E-state index is 0. The molecule has 3 nitrogen and oxygen atoms in total. The molecule has 100 valence electrons. The van der Waals surface area contributed by atoms with E-state index in [2.05, 4.69) is 27.3 Å². The molecular weight excluding hydrogens is 222 g/mol. The van der Waals surface area contributed by atoms with E-state index in [-0.39, 0.29) is 1.43 Å². The van der Waals surface area contributed by atoms with Crippen LogP contribution in [0.2, 0.25) is 0 Å².